The molecule has 0 spiro atoms. The number of benzene rings is 1. The number of nitrogens with zero attached hydrogens (tertiary/aromatic N) is 3. The van der Waals surface area contributed by atoms with Crippen molar-refractivity contribution in [2.45, 2.75) is 45.4 Å². The minimum absolute atomic E-state index is 0.203. The summed E-state index contributed by atoms with van der Waals surface area (Å²) in [6.07, 6.45) is 5.82. The lowest BCUT2D eigenvalue weighted by Gasteiger charge is -2.32. The number of likely N-dealkylation sites (N-methyl/N-ethyl adjacent to an activating group) is 1. The smallest absolute Gasteiger partial charge is 0.236 e. The molecule has 33 heavy (non-hydrogen) atoms. The van der Waals surface area contributed by atoms with Crippen LogP contribution in [0.3, 0.4) is 0 Å². The van der Waals surface area contributed by atoms with E-state index in [9.17, 15) is 4.79 Å². The van der Waals surface area contributed by atoms with Gasteiger partial charge in [-0.05, 0) is 74.0 Å². The average Bonchev–Trinajstić information content (AvgIpc) is 3.44. The predicted octanol–water partition coefficient (Wildman–Crippen LogP) is 4.84. The molecular weight excluding hydrogens is 410 g/mol. The maximum atomic E-state index is 12.2. The van der Waals surface area contributed by atoms with E-state index in [1.807, 2.05) is 24.5 Å². The van der Waals surface area contributed by atoms with Gasteiger partial charge in [0.2, 0.25) is 5.91 Å². The normalized spacial score (nSPS) is 15.2. The van der Waals surface area contributed by atoms with Crippen LogP contribution in [0.1, 0.15) is 55.3 Å². The van der Waals surface area contributed by atoms with Crippen LogP contribution in [0.5, 0.6) is 0 Å². The van der Waals surface area contributed by atoms with Crippen molar-refractivity contribution < 1.29 is 4.79 Å². The van der Waals surface area contributed by atoms with Crippen LogP contribution in [-0.2, 0) is 4.79 Å². The van der Waals surface area contributed by atoms with Gasteiger partial charge < -0.3 is 19.6 Å². The quantitative estimate of drug-likeness (QED) is 0.464. The van der Waals surface area contributed by atoms with E-state index >= 15 is 0 Å². The van der Waals surface area contributed by atoms with E-state index in [2.05, 4.69) is 70.8 Å². The third-order valence-electron chi connectivity index (χ3n) is 7.09. The number of H-pyrrole nitrogens is 1. The van der Waals surface area contributed by atoms with Gasteiger partial charge in [0.25, 0.3) is 0 Å². The zero-order chi connectivity index (χ0) is 23.1. The number of amides is 1. The van der Waals surface area contributed by atoms with Crippen LogP contribution in [0.2, 0.25) is 0 Å². The van der Waals surface area contributed by atoms with Crippen molar-refractivity contribution >= 4 is 22.3 Å². The average molecular weight is 444 g/mol. The van der Waals surface area contributed by atoms with E-state index < -0.39 is 0 Å². The fourth-order valence-corrected chi connectivity index (χ4v) is 5.38. The summed E-state index contributed by atoms with van der Waals surface area (Å²) in [6.45, 7) is 8.77. The van der Waals surface area contributed by atoms with Crippen LogP contribution in [0.25, 0.3) is 27.7 Å². The third kappa shape index (κ3) is 3.93. The molecule has 0 saturated carbocycles. The molecular formula is C27H33N5O. The van der Waals surface area contributed by atoms with Crippen LogP contribution in [0.15, 0.2) is 42.9 Å². The summed E-state index contributed by atoms with van der Waals surface area (Å²) in [5.74, 6) is 1.09. The maximum absolute atomic E-state index is 12.2. The highest BCUT2D eigenvalue weighted by molar-refractivity contribution is 5.92. The molecule has 0 bridgehead atoms. The molecule has 1 aliphatic heterocycles. The Bertz CT molecular complexity index is 1310. The molecule has 3 aromatic heterocycles. The predicted molar refractivity (Wildman–Crippen MR) is 134 cm³/mol. The Morgan fingerprint density at radius 2 is 2.00 bits per heavy atom. The summed E-state index contributed by atoms with van der Waals surface area (Å²) in [5, 5.41) is 4.29. The summed E-state index contributed by atoms with van der Waals surface area (Å²) in [6, 6.07) is 11.4. The Morgan fingerprint density at radius 3 is 2.73 bits per heavy atom. The molecule has 1 aliphatic rings. The molecule has 5 rings (SSSR count). The number of carbonyl (C=O) groups is 1. The first-order valence-corrected chi connectivity index (χ1v) is 12.0. The minimum atomic E-state index is 0.203. The van der Waals surface area contributed by atoms with Crippen molar-refractivity contribution in [2.75, 3.05) is 26.7 Å². The van der Waals surface area contributed by atoms with E-state index in [1.165, 1.54) is 39.0 Å². The van der Waals surface area contributed by atoms with E-state index in [-0.39, 0.29) is 5.91 Å². The Hall–Kier alpha value is -3.12. The molecule has 2 N–H and O–H groups in total. The molecule has 6 nitrogen and oxygen atoms in total. The van der Waals surface area contributed by atoms with Gasteiger partial charge in [-0.3, -0.25) is 4.79 Å². The summed E-state index contributed by atoms with van der Waals surface area (Å²) < 4.78 is 2.12. The highest BCUT2D eigenvalue weighted by Crippen LogP contribution is 2.38. The standard InChI is InChI=1S/C27H33N5O/c1-17(2)26-23-13-20(19-7-9-31(10-8-19)25(33)15-28-4)5-6-24(23)30-27(26)21-11-18(3)32-16-29-14-22(32)12-21/h5-6,11-14,16-17,19,28,30H,7-10,15H2,1-4H3. The second kappa shape index (κ2) is 8.67. The molecule has 1 fully saturated rings. The number of rotatable bonds is 5. The molecule has 1 amide bonds. The number of likely N-dealkylation sites (tertiary alicyclic amines) is 1. The Labute approximate surface area is 195 Å². The van der Waals surface area contributed by atoms with Crippen LogP contribution < -0.4 is 5.32 Å². The highest BCUT2D eigenvalue weighted by atomic mass is 16.2. The lowest BCUT2D eigenvalue weighted by molar-refractivity contribution is -0.131. The van der Waals surface area contributed by atoms with Crippen LogP contribution >= 0.6 is 0 Å². The molecule has 4 aromatic rings. The first kappa shape index (κ1) is 21.7. The van der Waals surface area contributed by atoms with Crippen LogP contribution in [0, 0.1) is 6.92 Å². The summed E-state index contributed by atoms with van der Waals surface area (Å²) in [4.78, 5) is 22.2. The first-order chi connectivity index (χ1) is 16.0. The van der Waals surface area contributed by atoms with Crippen molar-refractivity contribution in [1.29, 1.82) is 0 Å². The Kier molecular flexibility index (Phi) is 5.71. The first-order valence-electron chi connectivity index (χ1n) is 12.0. The van der Waals surface area contributed by atoms with Gasteiger partial charge in [0.15, 0.2) is 0 Å². The van der Waals surface area contributed by atoms with Gasteiger partial charge in [-0.15, -0.1) is 0 Å². The monoisotopic (exact) mass is 443 g/mol. The van der Waals surface area contributed by atoms with Crippen molar-refractivity contribution in [3.05, 3.63) is 59.7 Å². The highest BCUT2D eigenvalue weighted by Gasteiger charge is 2.25. The van der Waals surface area contributed by atoms with Crippen molar-refractivity contribution in [3.8, 4) is 11.3 Å². The van der Waals surface area contributed by atoms with Gasteiger partial charge in [0.05, 0.1) is 30.3 Å². The Morgan fingerprint density at radius 1 is 1.21 bits per heavy atom. The number of fused-ring (bicyclic) bond motifs is 2. The lowest BCUT2D eigenvalue weighted by atomic mass is 9.87. The zero-order valence-electron chi connectivity index (χ0n) is 20.0. The SMILES string of the molecule is CNCC(=O)N1CCC(c2ccc3[nH]c(-c4cc(C)n5cncc5c4)c(C(C)C)c3c2)CC1. The van der Waals surface area contributed by atoms with Crippen LogP contribution in [0.4, 0.5) is 0 Å². The molecule has 4 heterocycles. The van der Waals surface area contributed by atoms with Crippen molar-refractivity contribution in [1.82, 2.24) is 24.6 Å². The molecule has 1 saturated heterocycles. The van der Waals surface area contributed by atoms with E-state index in [0.29, 0.717) is 18.4 Å². The van der Waals surface area contributed by atoms with E-state index in [1.54, 1.807) is 0 Å². The Balaban J connectivity index is 1.50. The number of piperidine rings is 1. The molecule has 1 aromatic carbocycles. The van der Waals surface area contributed by atoms with Gasteiger partial charge in [-0.2, -0.15) is 0 Å². The molecule has 6 heteroatoms. The number of aromatic amines is 1. The van der Waals surface area contributed by atoms with Crippen LogP contribution in [-0.4, -0.2) is 51.9 Å². The van der Waals surface area contributed by atoms with E-state index in [0.717, 1.165) is 31.4 Å². The number of hydrogen-bond acceptors (Lipinski definition) is 3. The number of pyridine rings is 1. The molecule has 0 radical (unpaired) electrons. The summed E-state index contributed by atoms with van der Waals surface area (Å²) in [5.41, 5.74) is 8.64. The van der Waals surface area contributed by atoms with Gasteiger partial charge >= 0.3 is 0 Å². The van der Waals surface area contributed by atoms with Crippen molar-refractivity contribution in [2.24, 2.45) is 0 Å². The van der Waals surface area contributed by atoms with Gasteiger partial charge in [-0.1, -0.05) is 19.9 Å². The van der Waals surface area contributed by atoms with Gasteiger partial charge in [0, 0.05) is 35.2 Å². The number of carbonyl (C=O) groups excluding carboxylic acids is 1. The molecule has 0 atom stereocenters. The second-order valence-electron chi connectivity index (χ2n) is 9.63. The zero-order valence-corrected chi connectivity index (χ0v) is 20.0. The maximum Gasteiger partial charge on any atom is 0.236 e. The number of aryl methyl sites for hydroxylation is 1. The largest absolute Gasteiger partial charge is 0.354 e. The number of aromatic nitrogens is 3. The summed E-state index contributed by atoms with van der Waals surface area (Å²) in [7, 11) is 1.83. The fraction of sp³-hybridized carbons (Fsp3) is 0.407. The van der Waals surface area contributed by atoms with E-state index in [4.69, 9.17) is 0 Å². The van der Waals surface area contributed by atoms with Gasteiger partial charge in [0.1, 0.15) is 0 Å². The molecule has 0 aliphatic carbocycles. The second-order valence-corrected chi connectivity index (χ2v) is 9.63. The third-order valence-corrected chi connectivity index (χ3v) is 7.09. The minimum Gasteiger partial charge on any atom is -0.354 e. The summed E-state index contributed by atoms with van der Waals surface area (Å²) >= 11 is 0. The molecule has 0 unspecified atom stereocenters. The topological polar surface area (TPSA) is 65.4 Å². The molecule has 172 valence electrons. The van der Waals surface area contributed by atoms with Crippen molar-refractivity contribution in [3.63, 3.8) is 0 Å². The number of nitrogens with one attached hydrogen (secondary N) is 2. The lowest BCUT2D eigenvalue weighted by Crippen LogP contribution is -2.41. The fourth-order valence-electron chi connectivity index (χ4n) is 5.38. The number of imidazole rings is 1. The number of hydrogen-bond donors (Lipinski definition) is 2. The van der Waals surface area contributed by atoms with Gasteiger partial charge in [-0.25, -0.2) is 4.98 Å².